The first-order chi connectivity index (χ1) is 12.1. The van der Waals surface area contributed by atoms with Crippen molar-refractivity contribution < 1.29 is 9.84 Å². The van der Waals surface area contributed by atoms with E-state index in [0.717, 1.165) is 16.5 Å². The molecule has 1 unspecified atom stereocenters. The summed E-state index contributed by atoms with van der Waals surface area (Å²) in [6.07, 6.45) is -0.626. The topological polar surface area (TPSA) is 74.3 Å². The first-order valence-electron chi connectivity index (χ1n) is 7.99. The highest BCUT2D eigenvalue weighted by molar-refractivity contribution is 6.30. The third-order valence-corrected chi connectivity index (χ3v) is 4.01. The summed E-state index contributed by atoms with van der Waals surface area (Å²) in [5.41, 5.74) is 1.72. The summed E-state index contributed by atoms with van der Waals surface area (Å²) in [4.78, 5) is 14.0. The van der Waals surface area contributed by atoms with Crippen LogP contribution in [-0.2, 0) is 6.54 Å². The molecule has 0 amide bonds. The number of hydrogen-bond acceptors (Lipinski definition) is 4. The highest BCUT2D eigenvalue weighted by Gasteiger charge is 2.06. The van der Waals surface area contributed by atoms with Crippen LogP contribution in [0.25, 0.3) is 10.9 Å². The Morgan fingerprint density at radius 1 is 1.12 bits per heavy atom. The van der Waals surface area contributed by atoms with Crippen molar-refractivity contribution in [3.05, 3.63) is 75.5 Å². The number of aliphatic hydroxyl groups excluding tert-OH is 1. The van der Waals surface area contributed by atoms with E-state index in [2.05, 4.69) is 10.3 Å². The van der Waals surface area contributed by atoms with E-state index in [9.17, 15) is 9.90 Å². The van der Waals surface area contributed by atoms with Crippen molar-refractivity contribution in [1.82, 2.24) is 10.3 Å². The van der Waals surface area contributed by atoms with Gasteiger partial charge in [0.15, 0.2) is 0 Å². The fourth-order valence-electron chi connectivity index (χ4n) is 2.46. The molecule has 0 radical (unpaired) electrons. The molecule has 0 saturated heterocycles. The smallest absolute Gasteiger partial charge is 0.248 e. The Kier molecular flexibility index (Phi) is 7.48. The normalized spacial score (nSPS) is 11.8. The lowest BCUT2D eigenvalue weighted by Crippen LogP contribution is -2.31. The third kappa shape index (κ3) is 5.75. The molecule has 0 aliphatic heterocycles. The number of fused-ring (bicyclic) bond motifs is 1. The van der Waals surface area contributed by atoms with Crippen LogP contribution < -0.4 is 15.6 Å². The number of ether oxygens (including phenoxy) is 1. The first-order valence-corrected chi connectivity index (χ1v) is 8.37. The van der Waals surface area contributed by atoms with Gasteiger partial charge in [-0.25, -0.2) is 0 Å². The van der Waals surface area contributed by atoms with Gasteiger partial charge in [0, 0.05) is 35.1 Å². The van der Waals surface area contributed by atoms with Crippen LogP contribution in [0.4, 0.5) is 0 Å². The fourth-order valence-corrected chi connectivity index (χ4v) is 2.58. The SMILES string of the molecule is Cl.O=c1ccc2cc(OCC(O)CNCc3ccc(Cl)cc3)ccc2[nH]1. The summed E-state index contributed by atoms with van der Waals surface area (Å²) in [5.74, 6) is 0.649. The maximum absolute atomic E-state index is 11.3. The van der Waals surface area contributed by atoms with Gasteiger partial charge in [0.1, 0.15) is 18.5 Å². The minimum absolute atomic E-state index is 0. The highest BCUT2D eigenvalue weighted by atomic mass is 35.5. The molecule has 2 aromatic carbocycles. The highest BCUT2D eigenvalue weighted by Crippen LogP contribution is 2.18. The predicted molar refractivity (Wildman–Crippen MR) is 106 cm³/mol. The number of benzene rings is 2. The summed E-state index contributed by atoms with van der Waals surface area (Å²) in [5, 5.41) is 14.8. The van der Waals surface area contributed by atoms with Gasteiger partial charge >= 0.3 is 0 Å². The van der Waals surface area contributed by atoms with E-state index in [4.69, 9.17) is 16.3 Å². The number of aromatic nitrogens is 1. The molecule has 1 atom stereocenters. The Balaban J connectivity index is 0.00000243. The van der Waals surface area contributed by atoms with Crippen LogP contribution in [0.3, 0.4) is 0 Å². The second kappa shape index (κ2) is 9.59. The number of hydrogen-bond donors (Lipinski definition) is 3. The molecular weight excluding hydrogens is 375 g/mol. The second-order valence-electron chi connectivity index (χ2n) is 5.79. The number of aromatic amines is 1. The van der Waals surface area contributed by atoms with E-state index in [0.29, 0.717) is 23.9 Å². The minimum atomic E-state index is -0.626. The zero-order valence-corrected chi connectivity index (χ0v) is 15.5. The van der Waals surface area contributed by atoms with Crippen LogP contribution in [0, 0.1) is 0 Å². The van der Waals surface area contributed by atoms with Crippen molar-refractivity contribution in [2.24, 2.45) is 0 Å². The van der Waals surface area contributed by atoms with Crippen molar-refractivity contribution >= 4 is 34.9 Å². The van der Waals surface area contributed by atoms with E-state index >= 15 is 0 Å². The van der Waals surface area contributed by atoms with Gasteiger partial charge in [-0.1, -0.05) is 23.7 Å². The Hall–Kier alpha value is -2.05. The summed E-state index contributed by atoms with van der Waals surface area (Å²) >= 11 is 5.85. The Labute approximate surface area is 162 Å². The standard InChI is InChI=1S/C19H19ClN2O3.ClH/c20-15-4-1-13(2-5-15)10-21-11-16(23)12-25-17-6-7-18-14(9-17)3-8-19(24)22-18;/h1-9,16,21,23H,10-12H2,(H,22,24);1H. The predicted octanol–water partition coefficient (Wildman–Crippen LogP) is 3.13. The van der Waals surface area contributed by atoms with Crippen LogP contribution in [0.15, 0.2) is 59.4 Å². The molecule has 5 nitrogen and oxygen atoms in total. The second-order valence-corrected chi connectivity index (χ2v) is 6.23. The van der Waals surface area contributed by atoms with Crippen LogP contribution >= 0.6 is 24.0 Å². The molecule has 0 aliphatic carbocycles. The quantitative estimate of drug-likeness (QED) is 0.575. The van der Waals surface area contributed by atoms with Crippen LogP contribution in [0.5, 0.6) is 5.75 Å². The molecule has 7 heteroatoms. The van der Waals surface area contributed by atoms with E-state index in [-0.39, 0.29) is 24.6 Å². The summed E-state index contributed by atoms with van der Waals surface area (Å²) < 4.78 is 5.63. The van der Waals surface area contributed by atoms with Crippen LogP contribution in [0.1, 0.15) is 5.56 Å². The monoisotopic (exact) mass is 394 g/mol. The van der Waals surface area contributed by atoms with Gasteiger partial charge < -0.3 is 20.1 Å². The molecule has 0 aliphatic rings. The number of H-pyrrole nitrogens is 1. The van der Waals surface area contributed by atoms with Gasteiger partial charge in [0.05, 0.1) is 0 Å². The molecule has 3 rings (SSSR count). The fraction of sp³-hybridized carbons (Fsp3) is 0.211. The molecule has 0 fully saturated rings. The molecule has 1 aromatic heterocycles. The molecule has 138 valence electrons. The molecule has 0 saturated carbocycles. The molecular formula is C19H20Cl2N2O3. The van der Waals surface area contributed by atoms with Crippen molar-refractivity contribution in [2.45, 2.75) is 12.6 Å². The lowest BCUT2D eigenvalue weighted by Gasteiger charge is -2.14. The van der Waals surface area contributed by atoms with Gasteiger partial charge in [-0.05, 0) is 42.0 Å². The van der Waals surface area contributed by atoms with Gasteiger partial charge in [-0.2, -0.15) is 0 Å². The number of aliphatic hydroxyl groups is 1. The molecule has 0 spiro atoms. The maximum atomic E-state index is 11.3. The Morgan fingerprint density at radius 2 is 1.88 bits per heavy atom. The van der Waals surface area contributed by atoms with Gasteiger partial charge in [-0.3, -0.25) is 4.79 Å². The summed E-state index contributed by atoms with van der Waals surface area (Å²) in [6, 6.07) is 16.2. The maximum Gasteiger partial charge on any atom is 0.248 e. The molecule has 1 heterocycles. The van der Waals surface area contributed by atoms with Crippen molar-refractivity contribution in [3.63, 3.8) is 0 Å². The van der Waals surface area contributed by atoms with E-state index in [1.807, 2.05) is 30.3 Å². The Bertz CT molecular complexity index is 897. The lowest BCUT2D eigenvalue weighted by atomic mass is 10.2. The first kappa shape index (κ1) is 20.3. The van der Waals surface area contributed by atoms with Gasteiger partial charge in [-0.15, -0.1) is 12.4 Å². The molecule has 0 bridgehead atoms. The summed E-state index contributed by atoms with van der Waals surface area (Å²) in [7, 11) is 0. The molecule has 3 aromatic rings. The van der Waals surface area contributed by atoms with E-state index in [1.165, 1.54) is 6.07 Å². The number of halogens is 2. The van der Waals surface area contributed by atoms with Crippen molar-refractivity contribution in [1.29, 1.82) is 0 Å². The van der Waals surface area contributed by atoms with E-state index < -0.39 is 6.10 Å². The van der Waals surface area contributed by atoms with E-state index in [1.54, 1.807) is 18.2 Å². The average molecular weight is 395 g/mol. The molecule has 26 heavy (non-hydrogen) atoms. The average Bonchev–Trinajstić information content (AvgIpc) is 2.61. The largest absolute Gasteiger partial charge is 0.491 e. The summed E-state index contributed by atoms with van der Waals surface area (Å²) in [6.45, 7) is 1.25. The zero-order chi connectivity index (χ0) is 17.6. The number of nitrogens with one attached hydrogen (secondary N) is 2. The van der Waals surface area contributed by atoms with Gasteiger partial charge in [0.2, 0.25) is 5.56 Å². The van der Waals surface area contributed by atoms with Crippen LogP contribution in [0.2, 0.25) is 5.02 Å². The minimum Gasteiger partial charge on any atom is -0.491 e. The third-order valence-electron chi connectivity index (χ3n) is 3.76. The number of pyridine rings is 1. The lowest BCUT2D eigenvalue weighted by molar-refractivity contribution is 0.106. The number of rotatable bonds is 7. The van der Waals surface area contributed by atoms with Crippen molar-refractivity contribution in [3.8, 4) is 5.75 Å². The molecule has 3 N–H and O–H groups in total. The van der Waals surface area contributed by atoms with Crippen LogP contribution in [-0.4, -0.2) is 29.3 Å². The zero-order valence-electron chi connectivity index (χ0n) is 13.9. The Morgan fingerprint density at radius 3 is 2.65 bits per heavy atom. The van der Waals surface area contributed by atoms with Gasteiger partial charge in [0.25, 0.3) is 0 Å². The van der Waals surface area contributed by atoms with Crippen molar-refractivity contribution in [2.75, 3.05) is 13.2 Å².